The largest absolute Gasteiger partial charge is 0.492 e. The minimum Gasteiger partial charge on any atom is -0.492 e. The van der Waals surface area contributed by atoms with Crippen LogP contribution in [0.4, 0.5) is 0 Å². The van der Waals surface area contributed by atoms with Gasteiger partial charge in [0.2, 0.25) is 0 Å². The van der Waals surface area contributed by atoms with Gasteiger partial charge in [-0.1, -0.05) is 6.07 Å². The Morgan fingerprint density at radius 2 is 2.32 bits per heavy atom. The number of carboxylic acid groups (broad SMARTS) is 1. The minimum absolute atomic E-state index is 0.268. The second-order valence-corrected chi connectivity index (χ2v) is 5.27. The van der Waals surface area contributed by atoms with Gasteiger partial charge in [0.1, 0.15) is 12.4 Å². The molecule has 0 unspecified atom stereocenters. The van der Waals surface area contributed by atoms with Gasteiger partial charge >= 0.3 is 5.97 Å². The van der Waals surface area contributed by atoms with Crippen LogP contribution >= 0.6 is 0 Å². The molecule has 1 N–H and O–H groups in total. The summed E-state index contributed by atoms with van der Waals surface area (Å²) in [5.41, 5.74) is 0.268. The van der Waals surface area contributed by atoms with E-state index in [1.54, 1.807) is 24.3 Å². The molecule has 0 amide bonds. The Kier molecular flexibility index (Phi) is 4.43. The molecule has 0 aliphatic carbocycles. The van der Waals surface area contributed by atoms with Crippen molar-refractivity contribution in [1.29, 1.82) is 0 Å². The number of nitrogens with zero attached hydrogens (tertiary/aromatic N) is 1. The van der Waals surface area contributed by atoms with Gasteiger partial charge in [-0.25, -0.2) is 4.79 Å². The summed E-state index contributed by atoms with van der Waals surface area (Å²) in [6, 6.07) is 7.65. The quantitative estimate of drug-likeness (QED) is 0.887. The van der Waals surface area contributed by atoms with Crippen LogP contribution < -0.4 is 4.74 Å². The lowest BCUT2D eigenvalue weighted by atomic mass is 10.2. The standard InChI is InChI=1S/C15H21NO3/c1-11(2)16-8-4-6-13(16)10-19-14-7-3-5-12(9-14)15(17)18/h3,5,7,9,11,13H,4,6,8,10H2,1-2H3,(H,17,18)/t13-/m0/s1. The fraction of sp³-hybridized carbons (Fsp3) is 0.533. The zero-order valence-electron chi connectivity index (χ0n) is 11.5. The topological polar surface area (TPSA) is 49.8 Å². The van der Waals surface area contributed by atoms with Crippen LogP contribution in [0.1, 0.15) is 37.0 Å². The zero-order chi connectivity index (χ0) is 13.8. The molecule has 1 aliphatic rings. The van der Waals surface area contributed by atoms with Crippen molar-refractivity contribution < 1.29 is 14.6 Å². The van der Waals surface area contributed by atoms with Crippen molar-refractivity contribution in [3.8, 4) is 5.75 Å². The van der Waals surface area contributed by atoms with E-state index in [1.165, 1.54) is 6.42 Å². The Balaban J connectivity index is 1.95. The first kappa shape index (κ1) is 13.9. The molecule has 2 rings (SSSR count). The van der Waals surface area contributed by atoms with Gasteiger partial charge < -0.3 is 9.84 Å². The first-order valence-electron chi connectivity index (χ1n) is 6.80. The maximum Gasteiger partial charge on any atom is 0.335 e. The lowest BCUT2D eigenvalue weighted by molar-refractivity contribution is 0.0696. The lowest BCUT2D eigenvalue weighted by Crippen LogP contribution is -2.39. The van der Waals surface area contributed by atoms with Crippen molar-refractivity contribution in [1.82, 2.24) is 4.90 Å². The summed E-state index contributed by atoms with van der Waals surface area (Å²) in [6.45, 7) is 6.15. The number of ether oxygens (including phenoxy) is 1. The number of carboxylic acids is 1. The zero-order valence-corrected chi connectivity index (χ0v) is 11.5. The molecule has 1 atom stereocenters. The molecule has 0 saturated carbocycles. The number of likely N-dealkylation sites (tertiary alicyclic amines) is 1. The highest BCUT2D eigenvalue weighted by molar-refractivity contribution is 5.87. The molecule has 104 valence electrons. The second-order valence-electron chi connectivity index (χ2n) is 5.27. The molecular formula is C15H21NO3. The van der Waals surface area contributed by atoms with Gasteiger partial charge in [0, 0.05) is 12.1 Å². The van der Waals surface area contributed by atoms with E-state index in [-0.39, 0.29) is 5.56 Å². The van der Waals surface area contributed by atoms with E-state index in [4.69, 9.17) is 9.84 Å². The smallest absolute Gasteiger partial charge is 0.335 e. The number of hydrogen-bond acceptors (Lipinski definition) is 3. The molecule has 1 fully saturated rings. The Hall–Kier alpha value is -1.55. The van der Waals surface area contributed by atoms with Gasteiger partial charge in [-0.15, -0.1) is 0 Å². The van der Waals surface area contributed by atoms with E-state index in [1.807, 2.05) is 0 Å². The second kappa shape index (κ2) is 6.06. The molecular weight excluding hydrogens is 242 g/mol. The molecule has 1 saturated heterocycles. The average Bonchev–Trinajstić information content (AvgIpc) is 2.85. The van der Waals surface area contributed by atoms with E-state index in [0.29, 0.717) is 24.4 Å². The van der Waals surface area contributed by atoms with Crippen LogP contribution in [-0.4, -0.2) is 41.2 Å². The monoisotopic (exact) mass is 263 g/mol. The molecule has 1 aromatic carbocycles. The van der Waals surface area contributed by atoms with Crippen molar-refractivity contribution in [3.05, 3.63) is 29.8 Å². The SMILES string of the molecule is CC(C)N1CCC[C@H]1COc1cccc(C(=O)O)c1. The van der Waals surface area contributed by atoms with Crippen LogP contribution in [0.25, 0.3) is 0 Å². The summed E-state index contributed by atoms with van der Waals surface area (Å²) in [5, 5.41) is 8.94. The lowest BCUT2D eigenvalue weighted by Gasteiger charge is -2.28. The van der Waals surface area contributed by atoms with Crippen LogP contribution in [0.5, 0.6) is 5.75 Å². The van der Waals surface area contributed by atoms with E-state index >= 15 is 0 Å². The number of aromatic carboxylic acids is 1. The number of rotatable bonds is 5. The third kappa shape index (κ3) is 3.47. The molecule has 1 aromatic rings. The Morgan fingerprint density at radius 1 is 1.53 bits per heavy atom. The molecule has 0 radical (unpaired) electrons. The Morgan fingerprint density at radius 3 is 3.00 bits per heavy atom. The van der Waals surface area contributed by atoms with Crippen molar-refractivity contribution in [3.63, 3.8) is 0 Å². The maximum absolute atomic E-state index is 10.9. The molecule has 1 aliphatic heterocycles. The fourth-order valence-electron chi connectivity index (χ4n) is 2.63. The van der Waals surface area contributed by atoms with Crippen molar-refractivity contribution in [2.24, 2.45) is 0 Å². The highest BCUT2D eigenvalue weighted by Crippen LogP contribution is 2.21. The summed E-state index contributed by atoms with van der Waals surface area (Å²) in [6.07, 6.45) is 2.36. The van der Waals surface area contributed by atoms with Crippen LogP contribution in [0.3, 0.4) is 0 Å². The van der Waals surface area contributed by atoms with Crippen molar-refractivity contribution in [2.75, 3.05) is 13.2 Å². The third-order valence-electron chi connectivity index (χ3n) is 3.61. The van der Waals surface area contributed by atoms with Gasteiger partial charge in [0.25, 0.3) is 0 Å². The Bertz CT molecular complexity index is 445. The molecule has 0 spiro atoms. The summed E-state index contributed by atoms with van der Waals surface area (Å²) < 4.78 is 5.76. The molecule has 0 aromatic heterocycles. The van der Waals surface area contributed by atoms with E-state index in [0.717, 1.165) is 13.0 Å². The first-order valence-corrected chi connectivity index (χ1v) is 6.80. The van der Waals surface area contributed by atoms with Gasteiger partial charge in [-0.2, -0.15) is 0 Å². The molecule has 19 heavy (non-hydrogen) atoms. The summed E-state index contributed by atoms with van der Waals surface area (Å²) in [7, 11) is 0. The van der Waals surface area contributed by atoms with E-state index in [9.17, 15) is 4.79 Å². The number of carbonyl (C=O) groups is 1. The summed E-state index contributed by atoms with van der Waals surface area (Å²) >= 11 is 0. The van der Waals surface area contributed by atoms with Crippen LogP contribution in [-0.2, 0) is 0 Å². The van der Waals surface area contributed by atoms with E-state index < -0.39 is 5.97 Å². The molecule has 4 heteroatoms. The molecule has 4 nitrogen and oxygen atoms in total. The normalized spacial score (nSPS) is 19.8. The average molecular weight is 263 g/mol. The van der Waals surface area contributed by atoms with E-state index in [2.05, 4.69) is 18.7 Å². The van der Waals surface area contributed by atoms with Gasteiger partial charge in [-0.3, -0.25) is 4.90 Å². The van der Waals surface area contributed by atoms with Gasteiger partial charge in [0.05, 0.1) is 5.56 Å². The fourth-order valence-corrected chi connectivity index (χ4v) is 2.63. The molecule has 0 bridgehead atoms. The summed E-state index contributed by atoms with van der Waals surface area (Å²) in [4.78, 5) is 13.3. The van der Waals surface area contributed by atoms with Crippen molar-refractivity contribution >= 4 is 5.97 Å². The Labute approximate surface area is 114 Å². The van der Waals surface area contributed by atoms with Crippen molar-refractivity contribution in [2.45, 2.75) is 38.8 Å². The number of benzene rings is 1. The third-order valence-corrected chi connectivity index (χ3v) is 3.61. The number of hydrogen-bond donors (Lipinski definition) is 1. The highest BCUT2D eigenvalue weighted by Gasteiger charge is 2.26. The summed E-state index contributed by atoms with van der Waals surface area (Å²) in [5.74, 6) is -0.286. The first-order chi connectivity index (χ1) is 9.08. The molecule has 1 heterocycles. The van der Waals surface area contributed by atoms with Gasteiger partial charge in [-0.05, 0) is 51.4 Å². The highest BCUT2D eigenvalue weighted by atomic mass is 16.5. The predicted molar refractivity (Wildman–Crippen MR) is 73.8 cm³/mol. The van der Waals surface area contributed by atoms with Crippen LogP contribution in [0.15, 0.2) is 24.3 Å². The van der Waals surface area contributed by atoms with Gasteiger partial charge in [0.15, 0.2) is 0 Å². The predicted octanol–water partition coefficient (Wildman–Crippen LogP) is 2.64. The minimum atomic E-state index is -0.921. The van der Waals surface area contributed by atoms with Crippen LogP contribution in [0, 0.1) is 0 Å². The maximum atomic E-state index is 10.9. The van der Waals surface area contributed by atoms with Crippen LogP contribution in [0.2, 0.25) is 0 Å².